The highest BCUT2D eigenvalue weighted by molar-refractivity contribution is 7.92. The van der Waals surface area contributed by atoms with Gasteiger partial charge in [0.25, 0.3) is 15.9 Å². The highest BCUT2D eigenvalue weighted by Crippen LogP contribution is 2.38. The molecule has 0 bridgehead atoms. The molecule has 31 heavy (non-hydrogen) atoms. The lowest BCUT2D eigenvalue weighted by molar-refractivity contribution is 0.102. The molecule has 0 atom stereocenters. The Kier molecular flexibility index (Phi) is 6.40. The van der Waals surface area contributed by atoms with Crippen LogP contribution >= 0.6 is 0 Å². The molecule has 0 saturated carbocycles. The van der Waals surface area contributed by atoms with Gasteiger partial charge in [-0.1, -0.05) is 24.3 Å². The van der Waals surface area contributed by atoms with Crippen molar-refractivity contribution in [2.24, 2.45) is 0 Å². The molecule has 0 aromatic heterocycles. The summed E-state index contributed by atoms with van der Waals surface area (Å²) < 4.78 is 65.7. The number of anilines is 2. The van der Waals surface area contributed by atoms with Crippen molar-refractivity contribution in [3.63, 3.8) is 0 Å². The van der Waals surface area contributed by atoms with E-state index in [1.165, 1.54) is 26.4 Å². The van der Waals surface area contributed by atoms with Crippen LogP contribution in [0.5, 0.6) is 11.5 Å². The van der Waals surface area contributed by atoms with Crippen molar-refractivity contribution in [1.29, 1.82) is 0 Å². The van der Waals surface area contributed by atoms with Crippen LogP contribution in [0.3, 0.4) is 0 Å². The SMILES string of the molecule is COc1cc(NS(=O)(=O)c2c(F)cccc2F)c(OC)cc1NC(=O)c1ccccc1. The first-order valence-corrected chi connectivity index (χ1v) is 10.3. The van der Waals surface area contributed by atoms with E-state index >= 15 is 0 Å². The maximum Gasteiger partial charge on any atom is 0.267 e. The normalized spacial score (nSPS) is 11.0. The Morgan fingerprint density at radius 1 is 0.839 bits per heavy atom. The summed E-state index contributed by atoms with van der Waals surface area (Å²) in [6, 6.07) is 13.7. The standard InChI is InChI=1S/C21H18F2N2O5S/c1-29-18-12-17(25-31(27,28)20-14(22)9-6-10-15(20)23)19(30-2)11-16(18)24-21(26)13-7-4-3-5-8-13/h3-12,25H,1-2H3,(H,24,26). The molecule has 2 N–H and O–H groups in total. The molecule has 0 radical (unpaired) electrons. The molecule has 0 aliphatic carbocycles. The van der Waals surface area contributed by atoms with E-state index in [1.54, 1.807) is 30.3 Å². The summed E-state index contributed by atoms with van der Waals surface area (Å²) in [6.45, 7) is 0. The van der Waals surface area contributed by atoms with E-state index in [-0.39, 0.29) is 22.9 Å². The second kappa shape index (κ2) is 9.00. The summed E-state index contributed by atoms with van der Waals surface area (Å²) in [5.74, 6) is -2.83. The second-order valence-corrected chi connectivity index (χ2v) is 7.85. The fourth-order valence-corrected chi connectivity index (χ4v) is 3.99. The van der Waals surface area contributed by atoms with E-state index in [0.29, 0.717) is 5.56 Å². The van der Waals surface area contributed by atoms with Crippen molar-refractivity contribution >= 4 is 27.3 Å². The minimum Gasteiger partial charge on any atom is -0.494 e. The Labute approximate surface area is 177 Å². The van der Waals surface area contributed by atoms with Crippen LogP contribution in [0, 0.1) is 11.6 Å². The average molecular weight is 448 g/mol. The Hall–Kier alpha value is -3.66. The predicted molar refractivity (Wildman–Crippen MR) is 111 cm³/mol. The highest BCUT2D eigenvalue weighted by atomic mass is 32.2. The Balaban J connectivity index is 1.98. The zero-order chi connectivity index (χ0) is 22.6. The van der Waals surface area contributed by atoms with E-state index in [0.717, 1.165) is 18.2 Å². The molecule has 0 unspecified atom stereocenters. The number of hydrogen-bond donors (Lipinski definition) is 2. The number of methoxy groups -OCH3 is 2. The van der Waals surface area contributed by atoms with Crippen molar-refractivity contribution in [1.82, 2.24) is 0 Å². The van der Waals surface area contributed by atoms with Crippen LogP contribution in [0.15, 0.2) is 65.6 Å². The van der Waals surface area contributed by atoms with E-state index in [1.807, 2.05) is 0 Å². The van der Waals surface area contributed by atoms with Gasteiger partial charge in [-0.15, -0.1) is 0 Å². The number of carbonyl (C=O) groups is 1. The zero-order valence-electron chi connectivity index (χ0n) is 16.5. The van der Waals surface area contributed by atoms with Crippen LogP contribution in [-0.4, -0.2) is 28.5 Å². The lowest BCUT2D eigenvalue weighted by Crippen LogP contribution is -2.17. The molecule has 162 valence electrons. The van der Waals surface area contributed by atoms with Gasteiger partial charge < -0.3 is 14.8 Å². The molecule has 10 heteroatoms. The molecule has 0 aliphatic heterocycles. The fourth-order valence-electron chi connectivity index (χ4n) is 2.79. The Bertz CT molecular complexity index is 1200. The molecule has 0 fully saturated rings. The van der Waals surface area contributed by atoms with Gasteiger partial charge in [-0.05, 0) is 24.3 Å². The van der Waals surface area contributed by atoms with Crippen molar-refractivity contribution in [2.75, 3.05) is 24.3 Å². The van der Waals surface area contributed by atoms with Crippen LogP contribution in [-0.2, 0) is 10.0 Å². The third-order valence-electron chi connectivity index (χ3n) is 4.24. The summed E-state index contributed by atoms with van der Waals surface area (Å²) in [5, 5.41) is 2.65. The predicted octanol–water partition coefficient (Wildman–Crippen LogP) is 4.04. The molecular weight excluding hydrogens is 430 g/mol. The van der Waals surface area contributed by atoms with E-state index < -0.39 is 32.5 Å². The molecule has 3 aromatic carbocycles. The lowest BCUT2D eigenvalue weighted by atomic mass is 10.2. The van der Waals surface area contributed by atoms with E-state index in [9.17, 15) is 22.0 Å². The van der Waals surface area contributed by atoms with Crippen molar-refractivity contribution in [2.45, 2.75) is 4.90 Å². The van der Waals surface area contributed by atoms with Crippen LogP contribution in [0.4, 0.5) is 20.2 Å². The van der Waals surface area contributed by atoms with Crippen molar-refractivity contribution in [3.05, 3.63) is 77.9 Å². The van der Waals surface area contributed by atoms with Gasteiger partial charge >= 0.3 is 0 Å². The molecule has 7 nitrogen and oxygen atoms in total. The zero-order valence-corrected chi connectivity index (χ0v) is 17.3. The minimum atomic E-state index is -4.63. The maximum atomic E-state index is 14.0. The number of amides is 1. The minimum absolute atomic E-state index is 0.00974. The van der Waals surface area contributed by atoms with Gasteiger partial charge in [0.05, 0.1) is 25.6 Å². The van der Waals surface area contributed by atoms with Crippen LogP contribution in [0.2, 0.25) is 0 Å². The summed E-state index contributed by atoms with van der Waals surface area (Å²) in [5.41, 5.74) is 0.455. The molecule has 0 aliphatic rings. The first kappa shape index (κ1) is 22.0. The average Bonchev–Trinajstić information content (AvgIpc) is 2.74. The number of sulfonamides is 1. The Morgan fingerprint density at radius 2 is 1.39 bits per heavy atom. The number of benzene rings is 3. The number of carbonyl (C=O) groups excluding carboxylic acids is 1. The number of ether oxygens (including phenoxy) is 2. The maximum absolute atomic E-state index is 14.0. The lowest BCUT2D eigenvalue weighted by Gasteiger charge is -2.17. The van der Waals surface area contributed by atoms with Gasteiger partial charge in [0.1, 0.15) is 23.1 Å². The van der Waals surface area contributed by atoms with Crippen molar-refractivity contribution < 1.29 is 31.5 Å². The second-order valence-electron chi connectivity index (χ2n) is 6.23. The number of hydrogen-bond acceptors (Lipinski definition) is 5. The number of halogens is 2. The topological polar surface area (TPSA) is 93.7 Å². The smallest absolute Gasteiger partial charge is 0.267 e. The molecule has 1 amide bonds. The number of rotatable bonds is 7. The Morgan fingerprint density at radius 3 is 1.97 bits per heavy atom. The molecule has 3 aromatic rings. The molecule has 3 rings (SSSR count). The van der Waals surface area contributed by atoms with Crippen molar-refractivity contribution in [3.8, 4) is 11.5 Å². The van der Waals surface area contributed by atoms with Gasteiger partial charge in [0.15, 0.2) is 4.90 Å². The van der Waals surface area contributed by atoms with Gasteiger partial charge in [-0.3, -0.25) is 9.52 Å². The first-order valence-electron chi connectivity index (χ1n) is 8.86. The molecule has 0 spiro atoms. The van der Waals surface area contributed by atoms with Gasteiger partial charge in [-0.25, -0.2) is 17.2 Å². The summed E-state index contributed by atoms with van der Waals surface area (Å²) in [6.07, 6.45) is 0. The largest absolute Gasteiger partial charge is 0.494 e. The monoisotopic (exact) mass is 448 g/mol. The number of nitrogens with one attached hydrogen (secondary N) is 2. The fraction of sp³-hybridized carbons (Fsp3) is 0.0952. The van der Waals surface area contributed by atoms with Crippen LogP contribution < -0.4 is 19.5 Å². The van der Waals surface area contributed by atoms with Gasteiger partial charge in [0.2, 0.25) is 0 Å². The van der Waals surface area contributed by atoms with E-state index in [4.69, 9.17) is 9.47 Å². The quantitative estimate of drug-likeness (QED) is 0.569. The third-order valence-corrected chi connectivity index (χ3v) is 5.65. The van der Waals surface area contributed by atoms with Crippen LogP contribution in [0.25, 0.3) is 0 Å². The first-order chi connectivity index (χ1) is 14.8. The van der Waals surface area contributed by atoms with Gasteiger partial charge in [-0.2, -0.15) is 0 Å². The summed E-state index contributed by atoms with van der Waals surface area (Å²) in [4.78, 5) is 11.3. The highest BCUT2D eigenvalue weighted by Gasteiger charge is 2.26. The summed E-state index contributed by atoms with van der Waals surface area (Å²) in [7, 11) is -2.05. The molecule has 0 saturated heterocycles. The molecular formula is C21H18F2N2O5S. The van der Waals surface area contributed by atoms with E-state index in [2.05, 4.69) is 10.0 Å². The van der Waals surface area contributed by atoms with Gasteiger partial charge in [0, 0.05) is 17.7 Å². The third kappa shape index (κ3) is 4.75. The summed E-state index contributed by atoms with van der Waals surface area (Å²) >= 11 is 0. The van der Waals surface area contributed by atoms with Crippen LogP contribution in [0.1, 0.15) is 10.4 Å². The molecule has 0 heterocycles.